The number of nitrogens with zero attached hydrogens (tertiary/aromatic N) is 4. The highest BCUT2D eigenvalue weighted by Crippen LogP contribution is 2.18. The molecule has 0 spiro atoms. The molecule has 0 fully saturated rings. The Morgan fingerprint density at radius 1 is 1.33 bits per heavy atom. The summed E-state index contributed by atoms with van der Waals surface area (Å²) in [7, 11) is -2.28. The minimum Gasteiger partial charge on any atom is -0.262 e. The Morgan fingerprint density at radius 3 is 2.61 bits per heavy atom. The lowest BCUT2D eigenvalue weighted by Crippen LogP contribution is -2.17. The van der Waals surface area contributed by atoms with E-state index in [0.29, 0.717) is 0 Å². The summed E-state index contributed by atoms with van der Waals surface area (Å²) in [5.74, 6) is -0.0128. The molecule has 7 nitrogen and oxygen atoms in total. The van der Waals surface area contributed by atoms with Gasteiger partial charge in [0.1, 0.15) is 11.0 Å². The smallest absolute Gasteiger partial charge is 0.262 e. The molecule has 10 heteroatoms. The molecule has 0 amide bonds. The van der Waals surface area contributed by atoms with E-state index in [1.165, 1.54) is 30.1 Å². The van der Waals surface area contributed by atoms with Gasteiger partial charge in [0, 0.05) is 13.1 Å². The number of nitrogens with one attached hydrogen (secondary N) is 1. The van der Waals surface area contributed by atoms with Crippen molar-refractivity contribution in [2.24, 2.45) is 7.05 Å². The number of hydrogen-bond acceptors (Lipinski definition) is 5. The van der Waals surface area contributed by atoms with Gasteiger partial charge in [0.2, 0.25) is 5.28 Å². The fraction of sp³-hybridized carbons (Fsp3) is 0.125. The third kappa shape index (κ3) is 2.71. The number of hydrogen-bond donors (Lipinski definition) is 1. The summed E-state index contributed by atoms with van der Waals surface area (Å²) in [5, 5.41) is 3.66. The summed E-state index contributed by atoms with van der Waals surface area (Å²) in [6, 6.07) is 2.61. The number of halogens is 2. The monoisotopic (exact) mass is 307 g/mol. The first-order valence-electron chi connectivity index (χ1n) is 4.59. The van der Waals surface area contributed by atoms with Crippen LogP contribution in [0.2, 0.25) is 10.4 Å². The summed E-state index contributed by atoms with van der Waals surface area (Å²) in [6.45, 7) is 0. The fourth-order valence-corrected chi connectivity index (χ4v) is 2.79. The Morgan fingerprint density at radius 2 is 2.06 bits per heavy atom. The van der Waals surface area contributed by atoms with Gasteiger partial charge in [0.05, 0.1) is 6.20 Å². The standard InChI is InChI=1S/C8H7Cl2N5O2S/c1-15-7(2-3-11-15)18(16,17)14-6-4-5(9)12-8(10)13-6/h2-4H,1H3,(H,12,13,14). The van der Waals surface area contributed by atoms with Gasteiger partial charge in [-0.1, -0.05) is 11.6 Å². The molecule has 2 aromatic heterocycles. The Hall–Kier alpha value is -1.38. The first-order valence-corrected chi connectivity index (χ1v) is 6.83. The molecular formula is C8H7Cl2N5O2S. The maximum atomic E-state index is 12.0. The largest absolute Gasteiger partial charge is 0.280 e. The molecular weight excluding hydrogens is 301 g/mol. The molecule has 0 aliphatic carbocycles. The summed E-state index contributed by atoms with van der Waals surface area (Å²) in [5.41, 5.74) is 0. The minimum atomic E-state index is -3.79. The van der Waals surface area contributed by atoms with Crippen LogP contribution in [0, 0.1) is 0 Å². The predicted molar refractivity (Wildman–Crippen MR) is 66.1 cm³/mol. The molecule has 0 unspecified atom stereocenters. The van der Waals surface area contributed by atoms with Crippen LogP contribution in [-0.4, -0.2) is 28.2 Å². The van der Waals surface area contributed by atoms with E-state index in [1.807, 2.05) is 0 Å². The van der Waals surface area contributed by atoms with E-state index in [-0.39, 0.29) is 21.3 Å². The van der Waals surface area contributed by atoms with E-state index in [2.05, 4.69) is 19.8 Å². The molecule has 0 radical (unpaired) electrons. The van der Waals surface area contributed by atoms with Crippen LogP contribution in [-0.2, 0) is 17.1 Å². The summed E-state index contributed by atoms with van der Waals surface area (Å²) >= 11 is 11.2. The van der Waals surface area contributed by atoms with Gasteiger partial charge in [0.25, 0.3) is 10.0 Å². The molecule has 0 saturated heterocycles. The molecule has 1 N–H and O–H groups in total. The molecule has 0 aromatic carbocycles. The van der Waals surface area contributed by atoms with Crippen molar-refractivity contribution in [3.8, 4) is 0 Å². The molecule has 2 rings (SSSR count). The zero-order valence-electron chi connectivity index (χ0n) is 9.00. The lowest BCUT2D eigenvalue weighted by Gasteiger charge is -2.07. The predicted octanol–water partition coefficient (Wildman–Crippen LogP) is 1.32. The highest BCUT2D eigenvalue weighted by Gasteiger charge is 2.19. The zero-order chi connectivity index (χ0) is 13.3. The fourth-order valence-electron chi connectivity index (χ4n) is 1.26. The molecule has 2 heterocycles. The highest BCUT2D eigenvalue weighted by atomic mass is 35.5. The van der Waals surface area contributed by atoms with E-state index >= 15 is 0 Å². The Balaban J connectivity index is 2.37. The van der Waals surface area contributed by atoms with Gasteiger partial charge in [-0.15, -0.1) is 0 Å². The average Bonchev–Trinajstić information content (AvgIpc) is 2.62. The van der Waals surface area contributed by atoms with Crippen molar-refractivity contribution in [2.45, 2.75) is 5.03 Å². The lowest BCUT2D eigenvalue weighted by atomic mass is 10.6. The molecule has 96 valence electrons. The second kappa shape index (κ2) is 4.71. The van der Waals surface area contributed by atoms with Crippen molar-refractivity contribution in [3.63, 3.8) is 0 Å². The molecule has 0 atom stereocenters. The maximum Gasteiger partial charge on any atom is 0.280 e. The zero-order valence-corrected chi connectivity index (χ0v) is 11.3. The minimum absolute atomic E-state index is 0.00615. The quantitative estimate of drug-likeness (QED) is 0.682. The van der Waals surface area contributed by atoms with Crippen molar-refractivity contribution >= 4 is 39.0 Å². The number of rotatable bonds is 3. The average molecular weight is 308 g/mol. The van der Waals surface area contributed by atoms with E-state index in [0.717, 1.165) is 0 Å². The molecule has 0 aliphatic heterocycles. The van der Waals surface area contributed by atoms with Gasteiger partial charge < -0.3 is 0 Å². The molecule has 18 heavy (non-hydrogen) atoms. The molecule has 0 aliphatic rings. The summed E-state index contributed by atoms with van der Waals surface area (Å²) in [4.78, 5) is 7.32. The van der Waals surface area contributed by atoms with Crippen LogP contribution in [0.4, 0.5) is 5.82 Å². The first-order chi connectivity index (χ1) is 8.38. The topological polar surface area (TPSA) is 89.8 Å². The second-order valence-electron chi connectivity index (χ2n) is 3.24. The van der Waals surface area contributed by atoms with Gasteiger partial charge in [0.15, 0.2) is 5.03 Å². The normalized spacial score (nSPS) is 11.5. The van der Waals surface area contributed by atoms with E-state index in [9.17, 15) is 8.42 Å². The Kier molecular flexibility index (Phi) is 3.42. The summed E-state index contributed by atoms with van der Waals surface area (Å²) < 4.78 is 27.4. The lowest BCUT2D eigenvalue weighted by molar-refractivity contribution is 0.582. The number of aromatic nitrogens is 4. The SMILES string of the molecule is Cn1nccc1S(=O)(=O)Nc1cc(Cl)nc(Cl)n1. The van der Waals surface area contributed by atoms with Crippen molar-refractivity contribution in [3.05, 3.63) is 28.8 Å². The third-order valence-electron chi connectivity index (χ3n) is 1.96. The number of anilines is 1. The van der Waals surface area contributed by atoms with Gasteiger partial charge in [-0.3, -0.25) is 9.40 Å². The molecule has 0 saturated carbocycles. The second-order valence-corrected chi connectivity index (χ2v) is 5.60. The van der Waals surface area contributed by atoms with Crippen LogP contribution in [0.1, 0.15) is 0 Å². The number of aryl methyl sites for hydroxylation is 1. The van der Waals surface area contributed by atoms with Gasteiger partial charge >= 0.3 is 0 Å². The van der Waals surface area contributed by atoms with Crippen LogP contribution >= 0.6 is 23.2 Å². The summed E-state index contributed by atoms with van der Waals surface area (Å²) in [6.07, 6.45) is 1.37. The van der Waals surface area contributed by atoms with Crippen molar-refractivity contribution < 1.29 is 8.42 Å². The van der Waals surface area contributed by atoms with Gasteiger partial charge in [-0.05, 0) is 17.7 Å². The van der Waals surface area contributed by atoms with Gasteiger partial charge in [-0.2, -0.15) is 18.5 Å². The van der Waals surface area contributed by atoms with E-state index in [4.69, 9.17) is 23.2 Å². The maximum absolute atomic E-state index is 12.0. The van der Waals surface area contributed by atoms with Crippen LogP contribution < -0.4 is 4.72 Å². The third-order valence-corrected chi connectivity index (χ3v) is 3.75. The van der Waals surface area contributed by atoms with Crippen LogP contribution in [0.25, 0.3) is 0 Å². The number of sulfonamides is 1. The van der Waals surface area contributed by atoms with Crippen LogP contribution in [0.15, 0.2) is 23.4 Å². The van der Waals surface area contributed by atoms with Crippen molar-refractivity contribution in [2.75, 3.05) is 4.72 Å². The van der Waals surface area contributed by atoms with Gasteiger partial charge in [-0.25, -0.2) is 4.98 Å². The first kappa shape index (κ1) is 13.1. The van der Waals surface area contributed by atoms with Crippen molar-refractivity contribution in [1.82, 2.24) is 19.7 Å². The molecule has 0 bridgehead atoms. The van der Waals surface area contributed by atoms with Crippen molar-refractivity contribution in [1.29, 1.82) is 0 Å². The highest BCUT2D eigenvalue weighted by molar-refractivity contribution is 7.92. The van der Waals surface area contributed by atoms with Crippen LogP contribution in [0.5, 0.6) is 0 Å². The molecule has 2 aromatic rings. The van der Waals surface area contributed by atoms with E-state index < -0.39 is 10.0 Å². The Labute approximate surface area is 113 Å². The van der Waals surface area contributed by atoms with Crippen LogP contribution in [0.3, 0.4) is 0 Å². The Bertz CT molecular complexity index is 664. The van der Waals surface area contributed by atoms with E-state index in [1.54, 1.807) is 0 Å².